The molecule has 0 N–H and O–H groups in total. The van der Waals surface area contributed by atoms with Crippen molar-refractivity contribution in [3.05, 3.63) is 17.0 Å². The minimum Gasteiger partial charge on any atom is -0.439 e. The van der Waals surface area contributed by atoms with Gasteiger partial charge in [-0.15, -0.1) is 11.3 Å². The van der Waals surface area contributed by atoms with Gasteiger partial charge in [0.15, 0.2) is 0 Å². The Morgan fingerprint density at radius 2 is 2.20 bits per heavy atom. The van der Waals surface area contributed by atoms with Crippen molar-refractivity contribution >= 4 is 22.4 Å². The van der Waals surface area contributed by atoms with E-state index in [1.807, 2.05) is 4.90 Å². The second kappa shape index (κ2) is 4.46. The van der Waals surface area contributed by atoms with E-state index in [2.05, 4.69) is 23.3 Å². The Hall–Kier alpha value is -1.07. The molecule has 0 aromatic carbocycles. The fourth-order valence-corrected chi connectivity index (χ4v) is 4.86. The van der Waals surface area contributed by atoms with Gasteiger partial charge in [0.25, 0.3) is 0 Å². The number of rotatable bonds is 2. The molecule has 108 valence electrons. The third kappa shape index (κ3) is 1.79. The zero-order valence-electron chi connectivity index (χ0n) is 11.8. The maximum Gasteiger partial charge on any atom is 0.415 e. The summed E-state index contributed by atoms with van der Waals surface area (Å²) in [6, 6.07) is 2.13. The molecule has 4 nitrogen and oxygen atoms in total. The standard InChI is InChI=1S/C15H20N2O2S/c1-2-11-7-13(20-8-11)17-10-15(19-14(17)18)9-16-5-3-12(15)4-6-16/h7-8,12H,2-6,9-10H2,1H3/t15-/m1/s1. The molecule has 0 radical (unpaired) electrons. The molecule has 2 bridgehead atoms. The van der Waals surface area contributed by atoms with Gasteiger partial charge in [-0.2, -0.15) is 0 Å². The first-order chi connectivity index (χ1) is 9.70. The highest BCUT2D eigenvalue weighted by molar-refractivity contribution is 7.14. The third-order valence-electron chi connectivity index (χ3n) is 5.07. The summed E-state index contributed by atoms with van der Waals surface area (Å²) in [4.78, 5) is 16.6. The number of hydrogen-bond donors (Lipinski definition) is 0. The van der Waals surface area contributed by atoms with Crippen molar-refractivity contribution < 1.29 is 9.53 Å². The second-order valence-corrected chi connectivity index (χ2v) is 7.11. The van der Waals surface area contributed by atoms with Crippen LogP contribution in [0.4, 0.5) is 9.80 Å². The van der Waals surface area contributed by atoms with Crippen LogP contribution in [0.15, 0.2) is 11.4 Å². The third-order valence-corrected chi connectivity index (χ3v) is 6.07. The lowest BCUT2D eigenvalue weighted by Gasteiger charge is -2.49. The van der Waals surface area contributed by atoms with Gasteiger partial charge in [0.2, 0.25) is 0 Å². The number of piperidine rings is 3. The quantitative estimate of drug-likeness (QED) is 0.840. The van der Waals surface area contributed by atoms with Crippen molar-refractivity contribution in [2.75, 3.05) is 31.1 Å². The van der Waals surface area contributed by atoms with E-state index in [9.17, 15) is 4.79 Å². The van der Waals surface area contributed by atoms with Crippen molar-refractivity contribution in [2.45, 2.75) is 31.8 Å². The van der Waals surface area contributed by atoms with Crippen molar-refractivity contribution in [1.29, 1.82) is 0 Å². The Morgan fingerprint density at radius 1 is 1.40 bits per heavy atom. The zero-order valence-corrected chi connectivity index (χ0v) is 12.6. The molecule has 0 unspecified atom stereocenters. The molecule has 4 aliphatic rings. The van der Waals surface area contributed by atoms with E-state index in [0.717, 1.165) is 24.5 Å². The highest BCUT2D eigenvalue weighted by Crippen LogP contribution is 2.44. The van der Waals surface area contributed by atoms with E-state index in [1.165, 1.54) is 31.5 Å². The number of carbonyl (C=O) groups excluding carboxylic acids is 1. The molecule has 5 heteroatoms. The van der Waals surface area contributed by atoms with Crippen LogP contribution < -0.4 is 4.90 Å². The van der Waals surface area contributed by atoms with E-state index in [4.69, 9.17) is 4.74 Å². The van der Waals surface area contributed by atoms with Crippen LogP contribution >= 0.6 is 11.3 Å². The number of anilines is 1. The second-order valence-electron chi connectivity index (χ2n) is 6.22. The number of aryl methyl sites for hydroxylation is 1. The lowest BCUT2D eigenvalue weighted by atomic mass is 9.75. The number of amides is 1. The van der Waals surface area contributed by atoms with Gasteiger partial charge >= 0.3 is 6.09 Å². The van der Waals surface area contributed by atoms with Crippen LogP contribution in [0, 0.1) is 5.92 Å². The molecule has 20 heavy (non-hydrogen) atoms. The number of nitrogens with zero attached hydrogens (tertiary/aromatic N) is 2. The van der Waals surface area contributed by atoms with Crippen molar-refractivity contribution in [2.24, 2.45) is 5.92 Å². The summed E-state index contributed by atoms with van der Waals surface area (Å²) in [6.07, 6.45) is 3.21. The molecule has 5 rings (SSSR count). The smallest absolute Gasteiger partial charge is 0.415 e. The lowest BCUT2D eigenvalue weighted by Crippen LogP contribution is -2.61. The highest BCUT2D eigenvalue weighted by Gasteiger charge is 2.55. The summed E-state index contributed by atoms with van der Waals surface area (Å²) in [5, 5.41) is 3.18. The molecule has 1 aromatic rings. The summed E-state index contributed by atoms with van der Waals surface area (Å²) in [5.74, 6) is 0.548. The van der Waals surface area contributed by atoms with E-state index < -0.39 is 0 Å². The summed E-state index contributed by atoms with van der Waals surface area (Å²) < 4.78 is 5.89. The Kier molecular flexibility index (Phi) is 2.82. The summed E-state index contributed by atoms with van der Waals surface area (Å²) >= 11 is 1.65. The molecule has 0 saturated carbocycles. The normalized spacial score (nSPS) is 35.9. The Morgan fingerprint density at radius 3 is 2.80 bits per heavy atom. The zero-order chi connectivity index (χ0) is 13.7. The minimum atomic E-state index is -0.246. The Labute approximate surface area is 123 Å². The van der Waals surface area contributed by atoms with Crippen molar-refractivity contribution in [3.8, 4) is 0 Å². The van der Waals surface area contributed by atoms with Crippen LogP contribution in [0.1, 0.15) is 25.3 Å². The number of ether oxygens (including phenoxy) is 1. The van der Waals surface area contributed by atoms with Gasteiger partial charge in [-0.1, -0.05) is 6.92 Å². The molecule has 1 aromatic heterocycles. The average Bonchev–Trinajstić information content (AvgIpc) is 3.05. The van der Waals surface area contributed by atoms with Gasteiger partial charge in [0.05, 0.1) is 6.54 Å². The van der Waals surface area contributed by atoms with E-state index >= 15 is 0 Å². The van der Waals surface area contributed by atoms with Gasteiger partial charge in [0.1, 0.15) is 10.6 Å². The molecule has 0 aliphatic carbocycles. The maximum atomic E-state index is 12.3. The predicted molar refractivity (Wildman–Crippen MR) is 79.4 cm³/mol. The molecule has 4 saturated heterocycles. The van der Waals surface area contributed by atoms with Gasteiger partial charge in [-0.05, 0) is 49.4 Å². The fourth-order valence-electron chi connectivity index (χ4n) is 3.87. The first kappa shape index (κ1) is 12.7. The molecule has 4 aliphatic heterocycles. The molecule has 4 fully saturated rings. The molecule has 1 spiro atoms. The highest BCUT2D eigenvalue weighted by atomic mass is 32.1. The van der Waals surface area contributed by atoms with Crippen LogP contribution in [-0.4, -0.2) is 42.8 Å². The lowest BCUT2D eigenvalue weighted by molar-refractivity contribution is -0.0881. The SMILES string of the molecule is CCc1csc(N2C[C@@]3(CN4CCC3CC4)OC2=O)c1. The van der Waals surface area contributed by atoms with E-state index in [0.29, 0.717) is 5.92 Å². The van der Waals surface area contributed by atoms with E-state index in [1.54, 1.807) is 11.3 Å². The first-order valence-electron chi connectivity index (χ1n) is 7.50. The van der Waals surface area contributed by atoms with Crippen LogP contribution in [0.25, 0.3) is 0 Å². The predicted octanol–water partition coefficient (Wildman–Crippen LogP) is 2.73. The maximum absolute atomic E-state index is 12.3. The van der Waals surface area contributed by atoms with Crippen LogP contribution in [0.3, 0.4) is 0 Å². The average molecular weight is 292 g/mol. The fraction of sp³-hybridized carbons (Fsp3) is 0.667. The first-order valence-corrected chi connectivity index (χ1v) is 8.38. The summed E-state index contributed by atoms with van der Waals surface area (Å²) in [6.45, 7) is 6.14. The monoisotopic (exact) mass is 292 g/mol. The van der Waals surface area contributed by atoms with Gasteiger partial charge in [-0.25, -0.2) is 4.79 Å². The topological polar surface area (TPSA) is 32.8 Å². The molecule has 5 heterocycles. The number of thiophene rings is 1. The molecular weight excluding hydrogens is 272 g/mol. The van der Waals surface area contributed by atoms with E-state index in [-0.39, 0.29) is 11.7 Å². The van der Waals surface area contributed by atoms with Crippen LogP contribution in [0.2, 0.25) is 0 Å². The number of carbonyl (C=O) groups is 1. The largest absolute Gasteiger partial charge is 0.439 e. The van der Waals surface area contributed by atoms with Crippen molar-refractivity contribution in [3.63, 3.8) is 0 Å². The van der Waals surface area contributed by atoms with Gasteiger partial charge < -0.3 is 4.74 Å². The molecular formula is C15H20N2O2S. The number of fused-ring (bicyclic) bond motifs is 2. The van der Waals surface area contributed by atoms with Crippen LogP contribution in [-0.2, 0) is 11.2 Å². The summed E-state index contributed by atoms with van der Waals surface area (Å²) in [5.41, 5.74) is 1.05. The summed E-state index contributed by atoms with van der Waals surface area (Å²) in [7, 11) is 0. The van der Waals surface area contributed by atoms with Gasteiger partial charge in [0, 0.05) is 12.5 Å². The van der Waals surface area contributed by atoms with Crippen LogP contribution in [0.5, 0.6) is 0 Å². The Bertz CT molecular complexity index is 536. The molecule has 1 amide bonds. The van der Waals surface area contributed by atoms with Gasteiger partial charge in [-0.3, -0.25) is 9.80 Å². The molecule has 1 atom stereocenters. The Balaban J connectivity index is 1.60. The number of hydrogen-bond acceptors (Lipinski definition) is 4. The van der Waals surface area contributed by atoms with Crippen molar-refractivity contribution in [1.82, 2.24) is 4.90 Å². The minimum absolute atomic E-state index is 0.150.